The molecule has 0 spiro atoms. The zero-order chi connectivity index (χ0) is 14.3. The molecule has 0 aromatic heterocycles. The Balaban J connectivity index is 2.24. The minimum Gasteiger partial charge on any atom is -0.376 e. The molecule has 1 atom stereocenters. The van der Waals surface area contributed by atoms with E-state index in [1.165, 1.54) is 12.1 Å². The lowest BCUT2D eigenvalue weighted by Crippen LogP contribution is -2.30. The average molecular weight is 325 g/mol. The molecule has 4 nitrogen and oxygen atoms in total. The second-order valence-corrected chi connectivity index (χ2v) is 8.22. The molecule has 0 saturated carbocycles. The average Bonchev–Trinajstić information content (AvgIpc) is 2.33. The topological polar surface area (TPSA) is 55.8 Å². The van der Waals surface area contributed by atoms with E-state index in [9.17, 15) is 9.67 Å². The Labute approximate surface area is 122 Å². The van der Waals surface area contributed by atoms with Crippen molar-refractivity contribution in [1.82, 2.24) is 0 Å². The number of benzene rings is 1. The SMILES string of the molecule is CC1(C)COP(=O)([C@H](O)c2ccc(Cl)cc2Cl)OC1. The van der Waals surface area contributed by atoms with Crippen molar-refractivity contribution in [2.45, 2.75) is 19.7 Å². The summed E-state index contributed by atoms with van der Waals surface area (Å²) in [6.07, 6.45) is 0. The zero-order valence-corrected chi connectivity index (χ0v) is 13.0. The summed E-state index contributed by atoms with van der Waals surface area (Å²) in [5, 5.41) is 10.9. The molecule has 1 fully saturated rings. The van der Waals surface area contributed by atoms with Gasteiger partial charge in [-0.25, -0.2) is 0 Å². The highest BCUT2D eigenvalue weighted by atomic mass is 35.5. The molecule has 2 rings (SSSR count). The lowest BCUT2D eigenvalue weighted by molar-refractivity contribution is 0.0229. The van der Waals surface area contributed by atoms with E-state index >= 15 is 0 Å². The van der Waals surface area contributed by atoms with Crippen LogP contribution in [0, 0.1) is 5.41 Å². The second-order valence-electron chi connectivity index (χ2n) is 5.29. The van der Waals surface area contributed by atoms with Gasteiger partial charge in [0, 0.05) is 21.0 Å². The van der Waals surface area contributed by atoms with Crippen LogP contribution in [-0.2, 0) is 13.6 Å². The lowest BCUT2D eigenvalue weighted by atomic mass is 9.97. The van der Waals surface area contributed by atoms with Crippen LogP contribution in [0.15, 0.2) is 18.2 Å². The molecule has 1 aliphatic heterocycles. The van der Waals surface area contributed by atoms with Crippen molar-refractivity contribution in [2.75, 3.05) is 13.2 Å². The molecule has 0 unspecified atom stereocenters. The summed E-state index contributed by atoms with van der Waals surface area (Å²) in [5.41, 5.74) is 0.0614. The fourth-order valence-electron chi connectivity index (χ4n) is 1.63. The van der Waals surface area contributed by atoms with Gasteiger partial charge in [-0.2, -0.15) is 0 Å². The van der Waals surface area contributed by atoms with Gasteiger partial charge in [0.25, 0.3) is 0 Å². The summed E-state index contributed by atoms with van der Waals surface area (Å²) >= 11 is 11.8. The number of halogens is 2. The van der Waals surface area contributed by atoms with Gasteiger partial charge >= 0.3 is 7.60 Å². The monoisotopic (exact) mass is 324 g/mol. The van der Waals surface area contributed by atoms with Crippen molar-refractivity contribution in [3.63, 3.8) is 0 Å². The van der Waals surface area contributed by atoms with Gasteiger partial charge in [0.05, 0.1) is 13.2 Å². The van der Waals surface area contributed by atoms with Crippen LogP contribution in [0.5, 0.6) is 0 Å². The van der Waals surface area contributed by atoms with E-state index in [4.69, 9.17) is 32.2 Å². The first-order valence-electron chi connectivity index (χ1n) is 5.75. The minimum atomic E-state index is -3.62. The lowest BCUT2D eigenvalue weighted by Gasteiger charge is -2.36. The molecule has 1 aliphatic rings. The molecular formula is C12H15Cl2O4P. The maximum atomic E-state index is 12.5. The predicted molar refractivity (Wildman–Crippen MR) is 74.7 cm³/mol. The van der Waals surface area contributed by atoms with E-state index in [0.29, 0.717) is 5.02 Å². The Bertz CT molecular complexity index is 518. The van der Waals surface area contributed by atoms with E-state index in [1.54, 1.807) is 6.07 Å². The fourth-order valence-corrected chi connectivity index (χ4v) is 4.20. The number of hydrogen-bond acceptors (Lipinski definition) is 4. The van der Waals surface area contributed by atoms with Crippen LogP contribution in [-0.4, -0.2) is 18.3 Å². The Kier molecular flexibility index (Phi) is 4.32. The Morgan fingerprint density at radius 2 is 1.89 bits per heavy atom. The molecule has 1 saturated heterocycles. The van der Waals surface area contributed by atoms with Crippen molar-refractivity contribution in [1.29, 1.82) is 0 Å². The maximum absolute atomic E-state index is 12.5. The number of aliphatic hydroxyl groups excluding tert-OH is 1. The highest BCUT2D eigenvalue weighted by molar-refractivity contribution is 7.54. The van der Waals surface area contributed by atoms with Gasteiger partial charge in [-0.1, -0.05) is 43.1 Å². The van der Waals surface area contributed by atoms with Crippen molar-refractivity contribution in [3.8, 4) is 0 Å². The number of hydrogen-bond donors (Lipinski definition) is 1. The molecule has 7 heteroatoms. The first-order valence-corrected chi connectivity index (χ1v) is 8.12. The largest absolute Gasteiger partial charge is 0.376 e. The summed E-state index contributed by atoms with van der Waals surface area (Å²) in [4.78, 5) is 0. The Morgan fingerprint density at radius 3 is 2.42 bits per heavy atom. The normalized spacial score (nSPS) is 23.0. The summed E-state index contributed by atoms with van der Waals surface area (Å²) in [7, 11) is -3.62. The van der Waals surface area contributed by atoms with Gasteiger partial charge in [-0.15, -0.1) is 0 Å². The predicted octanol–water partition coefficient (Wildman–Crippen LogP) is 4.25. The smallest absolute Gasteiger partial charge is 0.363 e. The summed E-state index contributed by atoms with van der Waals surface area (Å²) in [6.45, 7) is 4.37. The molecule has 1 N–H and O–H groups in total. The summed E-state index contributed by atoms with van der Waals surface area (Å²) in [6, 6.07) is 4.55. The zero-order valence-electron chi connectivity index (χ0n) is 10.6. The molecule has 1 aromatic carbocycles. The van der Waals surface area contributed by atoms with E-state index in [2.05, 4.69) is 0 Å². The molecule has 0 radical (unpaired) electrons. The van der Waals surface area contributed by atoms with Crippen LogP contribution in [0.25, 0.3) is 0 Å². The van der Waals surface area contributed by atoms with Crippen molar-refractivity contribution in [2.24, 2.45) is 5.41 Å². The van der Waals surface area contributed by atoms with Gasteiger partial charge in [-0.05, 0) is 12.1 Å². The van der Waals surface area contributed by atoms with Gasteiger partial charge < -0.3 is 14.2 Å². The molecule has 106 valence electrons. The van der Waals surface area contributed by atoms with Gasteiger partial charge in [0.1, 0.15) is 0 Å². The summed E-state index contributed by atoms with van der Waals surface area (Å²) < 4.78 is 23.0. The first kappa shape index (κ1) is 15.3. The molecular weight excluding hydrogens is 310 g/mol. The molecule has 19 heavy (non-hydrogen) atoms. The van der Waals surface area contributed by atoms with E-state index < -0.39 is 13.4 Å². The maximum Gasteiger partial charge on any atom is 0.363 e. The molecule has 0 amide bonds. The second kappa shape index (κ2) is 5.36. The van der Waals surface area contributed by atoms with Crippen molar-refractivity contribution in [3.05, 3.63) is 33.8 Å². The van der Waals surface area contributed by atoms with Crippen LogP contribution < -0.4 is 0 Å². The fraction of sp³-hybridized carbons (Fsp3) is 0.500. The highest BCUT2D eigenvalue weighted by Crippen LogP contribution is 2.63. The van der Waals surface area contributed by atoms with Gasteiger partial charge in [0.15, 0.2) is 5.85 Å². The number of rotatable bonds is 2. The van der Waals surface area contributed by atoms with Crippen LogP contribution >= 0.6 is 30.8 Å². The van der Waals surface area contributed by atoms with E-state index in [-0.39, 0.29) is 29.2 Å². The molecule has 0 aliphatic carbocycles. The molecule has 1 aromatic rings. The third kappa shape index (κ3) is 3.33. The third-order valence-corrected chi connectivity index (χ3v) is 5.23. The third-order valence-electron chi connectivity index (χ3n) is 2.81. The van der Waals surface area contributed by atoms with E-state index in [0.717, 1.165) is 0 Å². The number of aliphatic hydroxyl groups is 1. The molecule has 0 bridgehead atoms. The van der Waals surface area contributed by atoms with E-state index in [1.807, 2.05) is 13.8 Å². The summed E-state index contributed by atoms with van der Waals surface area (Å²) in [5.74, 6) is -1.41. The van der Waals surface area contributed by atoms with Crippen LogP contribution in [0.1, 0.15) is 25.3 Å². The van der Waals surface area contributed by atoms with Gasteiger partial charge in [-0.3, -0.25) is 4.57 Å². The van der Waals surface area contributed by atoms with Crippen LogP contribution in [0.2, 0.25) is 10.0 Å². The molecule has 1 heterocycles. The van der Waals surface area contributed by atoms with Crippen molar-refractivity contribution < 1.29 is 18.7 Å². The standard InChI is InChI=1S/C12H15Cl2O4P/c1-12(2)6-17-19(16,18-7-12)11(15)9-4-3-8(13)5-10(9)14/h3-5,11,15H,6-7H2,1-2H3/t11-/m0/s1. The Morgan fingerprint density at radius 1 is 1.32 bits per heavy atom. The minimum absolute atomic E-state index is 0.225. The van der Waals surface area contributed by atoms with Gasteiger partial charge in [0.2, 0.25) is 0 Å². The highest BCUT2D eigenvalue weighted by Gasteiger charge is 2.43. The van der Waals surface area contributed by atoms with Crippen LogP contribution in [0.3, 0.4) is 0 Å². The Hall–Kier alpha value is -0.0900. The van der Waals surface area contributed by atoms with Crippen molar-refractivity contribution >= 4 is 30.8 Å². The van der Waals surface area contributed by atoms with Crippen LogP contribution in [0.4, 0.5) is 0 Å². The first-order chi connectivity index (χ1) is 8.73. The quantitative estimate of drug-likeness (QED) is 0.826.